The Morgan fingerprint density at radius 2 is 0.750 bits per heavy atom. The van der Waals surface area contributed by atoms with Crippen LogP contribution in [0.3, 0.4) is 0 Å². The van der Waals surface area contributed by atoms with Crippen LogP contribution in [0.1, 0.15) is 0 Å². The van der Waals surface area contributed by atoms with Crippen LogP contribution in [-0.4, -0.2) is 4.57 Å². The highest BCUT2D eigenvalue weighted by molar-refractivity contribution is 6.25. The molecule has 0 spiro atoms. The molecule has 0 saturated carbocycles. The first-order valence-electron chi connectivity index (χ1n) is 20.6. The average Bonchev–Trinajstić information content (AvgIpc) is 3.68. The summed E-state index contributed by atoms with van der Waals surface area (Å²) in [6.07, 6.45) is 0. The molecule has 0 aliphatic rings. The maximum absolute atomic E-state index is 2.44. The van der Waals surface area contributed by atoms with E-state index in [1.807, 2.05) is 0 Å². The maximum Gasteiger partial charge on any atom is 0.0547 e. The van der Waals surface area contributed by atoms with Crippen molar-refractivity contribution < 1.29 is 0 Å². The minimum atomic E-state index is 1.11. The molecule has 10 aromatic carbocycles. The van der Waals surface area contributed by atoms with Crippen LogP contribution in [0.15, 0.2) is 243 Å². The maximum atomic E-state index is 2.44. The van der Waals surface area contributed by atoms with Gasteiger partial charge in [-0.25, -0.2) is 0 Å². The summed E-state index contributed by atoms with van der Waals surface area (Å²) in [6, 6.07) is 87.7. The molecule has 0 bridgehead atoms. The molecule has 1 aromatic heterocycles. The fourth-order valence-corrected chi connectivity index (χ4v) is 8.91. The third-order valence-corrected chi connectivity index (χ3v) is 11.8. The second kappa shape index (κ2) is 15.1. The van der Waals surface area contributed by atoms with E-state index in [0.717, 1.165) is 22.7 Å². The Morgan fingerprint density at radius 1 is 0.283 bits per heavy atom. The summed E-state index contributed by atoms with van der Waals surface area (Å²) >= 11 is 0. The molecule has 282 valence electrons. The number of hydrogen-bond acceptors (Lipinski definition) is 1. The number of aromatic nitrogens is 1. The molecular weight excluding hydrogens is 725 g/mol. The van der Waals surface area contributed by atoms with Crippen molar-refractivity contribution in [3.8, 4) is 50.2 Å². The van der Waals surface area contributed by atoms with Crippen LogP contribution in [0, 0.1) is 0 Å². The van der Waals surface area contributed by atoms with Gasteiger partial charge in [-0.15, -0.1) is 0 Å². The van der Waals surface area contributed by atoms with Crippen molar-refractivity contribution in [1.82, 2.24) is 4.57 Å². The Balaban J connectivity index is 0.973. The minimum absolute atomic E-state index is 1.11. The molecule has 0 atom stereocenters. The van der Waals surface area contributed by atoms with Crippen LogP contribution in [0.5, 0.6) is 0 Å². The van der Waals surface area contributed by atoms with Crippen molar-refractivity contribution in [1.29, 1.82) is 0 Å². The van der Waals surface area contributed by atoms with Crippen LogP contribution in [0.25, 0.3) is 82.8 Å². The molecule has 2 heteroatoms. The number of benzene rings is 10. The Hall–Kier alpha value is -7.94. The number of hydrogen-bond donors (Lipinski definition) is 0. The van der Waals surface area contributed by atoms with Gasteiger partial charge in [0.15, 0.2) is 0 Å². The number of anilines is 3. The van der Waals surface area contributed by atoms with Crippen LogP contribution < -0.4 is 4.90 Å². The Bertz CT molecular complexity index is 3260. The average molecular weight is 765 g/mol. The molecule has 0 N–H and O–H groups in total. The smallest absolute Gasteiger partial charge is 0.0547 e. The minimum Gasteiger partial charge on any atom is -0.311 e. The summed E-state index contributed by atoms with van der Waals surface area (Å²) < 4.78 is 2.44. The number of nitrogens with zero attached hydrogens (tertiary/aromatic N) is 2. The van der Waals surface area contributed by atoms with Crippen molar-refractivity contribution in [2.75, 3.05) is 4.90 Å². The van der Waals surface area contributed by atoms with Crippen molar-refractivity contribution in [2.24, 2.45) is 0 Å². The fraction of sp³-hybridized carbons (Fsp3) is 0. The molecule has 0 fully saturated rings. The van der Waals surface area contributed by atoms with Gasteiger partial charge in [-0.05, 0) is 122 Å². The lowest BCUT2D eigenvalue weighted by atomic mass is 9.94. The van der Waals surface area contributed by atoms with Gasteiger partial charge >= 0.3 is 0 Å². The lowest BCUT2D eigenvalue weighted by Gasteiger charge is -2.26. The predicted molar refractivity (Wildman–Crippen MR) is 255 cm³/mol. The van der Waals surface area contributed by atoms with Gasteiger partial charge in [-0.3, -0.25) is 0 Å². The summed E-state index contributed by atoms with van der Waals surface area (Å²) in [5.74, 6) is 0. The van der Waals surface area contributed by atoms with E-state index in [4.69, 9.17) is 0 Å². The predicted octanol–water partition coefficient (Wildman–Crippen LogP) is 16.1. The van der Waals surface area contributed by atoms with Crippen LogP contribution in [0.2, 0.25) is 0 Å². The second-order valence-electron chi connectivity index (χ2n) is 15.3. The monoisotopic (exact) mass is 764 g/mol. The molecule has 0 radical (unpaired) electrons. The Labute approximate surface area is 350 Å². The highest BCUT2D eigenvalue weighted by Gasteiger charge is 2.19. The summed E-state index contributed by atoms with van der Waals surface area (Å²) in [5.41, 5.74) is 16.5. The highest BCUT2D eigenvalue weighted by atomic mass is 15.1. The number of fused-ring (bicyclic) bond motifs is 5. The van der Waals surface area contributed by atoms with E-state index in [-0.39, 0.29) is 0 Å². The van der Waals surface area contributed by atoms with Gasteiger partial charge in [-0.2, -0.15) is 0 Å². The topological polar surface area (TPSA) is 8.17 Å². The molecule has 0 amide bonds. The lowest BCUT2D eigenvalue weighted by Crippen LogP contribution is -2.09. The van der Waals surface area contributed by atoms with Gasteiger partial charge in [0.1, 0.15) is 0 Å². The van der Waals surface area contributed by atoms with E-state index < -0.39 is 0 Å². The van der Waals surface area contributed by atoms with Crippen LogP contribution >= 0.6 is 0 Å². The number of rotatable bonds is 8. The largest absolute Gasteiger partial charge is 0.311 e. The lowest BCUT2D eigenvalue weighted by molar-refractivity contribution is 1.18. The first kappa shape index (κ1) is 35.2. The molecule has 2 nitrogen and oxygen atoms in total. The zero-order chi connectivity index (χ0) is 39.8. The standard InChI is InChI=1S/C58H40N2/c1-4-14-41(15-5-1)43-26-33-50(34-27-43)59(49-21-8-3-9-22-49)51-35-28-44(29-36-51)45-30-37-52(38-31-45)60-55-25-13-24-54(48-20-12-19-47(40-48)42-16-6-2-7-17-42)58(55)57-53-23-11-10-18-46(53)32-39-56(57)60/h1-40H. The molecule has 0 aliphatic heterocycles. The van der Waals surface area contributed by atoms with E-state index in [1.54, 1.807) is 0 Å². The Morgan fingerprint density at radius 3 is 1.40 bits per heavy atom. The van der Waals surface area contributed by atoms with Gasteiger partial charge in [0.2, 0.25) is 0 Å². The van der Waals surface area contributed by atoms with Gasteiger partial charge < -0.3 is 9.47 Å². The van der Waals surface area contributed by atoms with E-state index in [2.05, 4.69) is 252 Å². The molecule has 1 heterocycles. The van der Waals surface area contributed by atoms with Crippen LogP contribution in [0.4, 0.5) is 17.1 Å². The fourth-order valence-electron chi connectivity index (χ4n) is 8.91. The van der Waals surface area contributed by atoms with E-state index in [9.17, 15) is 0 Å². The van der Waals surface area contributed by atoms with Crippen LogP contribution in [-0.2, 0) is 0 Å². The zero-order valence-corrected chi connectivity index (χ0v) is 33.0. The van der Waals surface area contributed by atoms with Gasteiger partial charge in [0.05, 0.1) is 11.0 Å². The zero-order valence-electron chi connectivity index (χ0n) is 33.0. The normalized spacial score (nSPS) is 11.3. The third-order valence-electron chi connectivity index (χ3n) is 11.8. The third kappa shape index (κ3) is 6.32. The molecular formula is C58H40N2. The molecule has 11 aromatic rings. The van der Waals surface area contributed by atoms with Gasteiger partial charge in [-0.1, -0.05) is 176 Å². The number of para-hydroxylation sites is 1. The van der Waals surface area contributed by atoms with Crippen molar-refractivity contribution in [3.63, 3.8) is 0 Å². The summed E-state index contributed by atoms with van der Waals surface area (Å²) in [5, 5.41) is 5.05. The van der Waals surface area contributed by atoms with E-state index in [0.29, 0.717) is 0 Å². The second-order valence-corrected chi connectivity index (χ2v) is 15.3. The first-order chi connectivity index (χ1) is 29.8. The first-order valence-corrected chi connectivity index (χ1v) is 20.6. The van der Waals surface area contributed by atoms with Gasteiger partial charge in [0, 0.05) is 33.5 Å². The molecule has 11 rings (SSSR count). The quantitative estimate of drug-likeness (QED) is 0.150. The van der Waals surface area contributed by atoms with Crippen molar-refractivity contribution >= 4 is 49.6 Å². The molecule has 0 saturated heterocycles. The SMILES string of the molecule is c1ccc(-c2ccc(N(c3ccccc3)c3ccc(-c4ccc(-n5c6cccc(-c7cccc(-c8ccccc8)c7)c6c6c7ccccc7ccc65)cc4)cc3)cc2)cc1. The molecule has 60 heavy (non-hydrogen) atoms. The summed E-state index contributed by atoms with van der Waals surface area (Å²) in [4.78, 5) is 2.32. The van der Waals surface area contributed by atoms with Crippen molar-refractivity contribution in [3.05, 3.63) is 243 Å². The molecule has 0 unspecified atom stereocenters. The Kier molecular flexibility index (Phi) is 8.87. The highest BCUT2D eigenvalue weighted by Crippen LogP contribution is 2.43. The summed E-state index contributed by atoms with van der Waals surface area (Å²) in [6.45, 7) is 0. The summed E-state index contributed by atoms with van der Waals surface area (Å²) in [7, 11) is 0. The van der Waals surface area contributed by atoms with Crippen molar-refractivity contribution in [2.45, 2.75) is 0 Å². The van der Waals surface area contributed by atoms with Gasteiger partial charge in [0.25, 0.3) is 0 Å². The van der Waals surface area contributed by atoms with E-state index in [1.165, 1.54) is 77.1 Å². The van der Waals surface area contributed by atoms with E-state index >= 15 is 0 Å². The molecule has 0 aliphatic carbocycles.